The molecule has 4 nitrogen and oxygen atoms in total. The Morgan fingerprint density at radius 1 is 1.32 bits per heavy atom. The molecule has 0 bridgehead atoms. The minimum Gasteiger partial charge on any atom is -0.492 e. The molecular weight excluding hydrogens is 264 g/mol. The minimum atomic E-state index is -3.03. The molecule has 0 saturated heterocycles. The second-order valence-corrected chi connectivity index (χ2v) is 7.02. The summed E-state index contributed by atoms with van der Waals surface area (Å²) in [5.74, 6) is 0.753. The Morgan fingerprint density at radius 3 is 2.58 bits per heavy atom. The number of aliphatic hydroxyl groups excluding tert-OH is 1. The van der Waals surface area contributed by atoms with Crippen LogP contribution >= 0.6 is 0 Å². The number of ether oxygens (including phenoxy) is 1. The Bertz CT molecular complexity index is 506. The monoisotopic (exact) mass is 286 g/mol. The molecule has 0 aliphatic heterocycles. The summed E-state index contributed by atoms with van der Waals surface area (Å²) in [5, 5.41) is 9.64. The zero-order chi connectivity index (χ0) is 14.5. The van der Waals surface area contributed by atoms with Crippen LogP contribution in [0.5, 0.6) is 5.75 Å². The zero-order valence-electron chi connectivity index (χ0n) is 11.7. The van der Waals surface area contributed by atoms with Crippen LogP contribution in [-0.2, 0) is 9.84 Å². The molecule has 108 valence electrons. The van der Waals surface area contributed by atoms with Crippen LogP contribution < -0.4 is 4.74 Å². The van der Waals surface area contributed by atoms with Crippen molar-refractivity contribution in [2.45, 2.75) is 33.3 Å². The van der Waals surface area contributed by atoms with E-state index in [1.807, 2.05) is 26.0 Å². The van der Waals surface area contributed by atoms with Gasteiger partial charge in [0.25, 0.3) is 0 Å². The van der Waals surface area contributed by atoms with Gasteiger partial charge in [-0.2, -0.15) is 0 Å². The molecule has 1 aromatic carbocycles. The van der Waals surface area contributed by atoms with E-state index in [9.17, 15) is 13.5 Å². The molecule has 1 rings (SSSR count). The highest BCUT2D eigenvalue weighted by Gasteiger charge is 2.12. The molecule has 0 aromatic heterocycles. The highest BCUT2D eigenvalue weighted by atomic mass is 32.2. The van der Waals surface area contributed by atoms with Crippen LogP contribution in [0.2, 0.25) is 0 Å². The summed E-state index contributed by atoms with van der Waals surface area (Å²) in [6, 6.07) is 5.51. The third kappa shape index (κ3) is 5.20. The quantitative estimate of drug-likeness (QED) is 0.835. The first-order chi connectivity index (χ1) is 8.85. The molecule has 0 aliphatic rings. The van der Waals surface area contributed by atoms with E-state index in [1.165, 1.54) is 0 Å². The molecule has 0 saturated carbocycles. The van der Waals surface area contributed by atoms with Gasteiger partial charge in [0.15, 0.2) is 9.84 Å². The molecular formula is C14H22O4S. The van der Waals surface area contributed by atoms with Crippen molar-refractivity contribution in [3.05, 3.63) is 29.3 Å². The highest BCUT2D eigenvalue weighted by molar-refractivity contribution is 7.91. The normalized spacial score (nSPS) is 13.3. The van der Waals surface area contributed by atoms with Crippen LogP contribution in [0.3, 0.4) is 0 Å². The molecule has 0 fully saturated rings. The van der Waals surface area contributed by atoms with Gasteiger partial charge >= 0.3 is 0 Å². The molecule has 0 amide bonds. The van der Waals surface area contributed by atoms with Crippen molar-refractivity contribution >= 4 is 9.84 Å². The van der Waals surface area contributed by atoms with Crippen LogP contribution in [0.1, 0.15) is 37.5 Å². The fourth-order valence-corrected chi connectivity index (χ4v) is 2.97. The molecule has 1 N–H and O–H groups in total. The summed E-state index contributed by atoms with van der Waals surface area (Å²) < 4.78 is 28.7. The van der Waals surface area contributed by atoms with Crippen LogP contribution in [0.4, 0.5) is 0 Å². The molecule has 19 heavy (non-hydrogen) atoms. The molecule has 0 radical (unpaired) electrons. The number of aryl methyl sites for hydroxylation is 1. The number of hydrogen-bond acceptors (Lipinski definition) is 4. The van der Waals surface area contributed by atoms with E-state index in [1.54, 1.807) is 13.0 Å². The van der Waals surface area contributed by atoms with Gasteiger partial charge in [-0.3, -0.25) is 0 Å². The summed E-state index contributed by atoms with van der Waals surface area (Å²) >= 11 is 0. The lowest BCUT2D eigenvalue weighted by Gasteiger charge is -2.14. The fraction of sp³-hybridized carbons (Fsp3) is 0.571. The SMILES string of the molecule is CCCS(=O)(=O)CCOc1cc(C)ccc1[C@@H](C)O. The van der Waals surface area contributed by atoms with Gasteiger partial charge in [-0.25, -0.2) is 8.42 Å². The van der Waals surface area contributed by atoms with Gasteiger partial charge < -0.3 is 9.84 Å². The summed E-state index contributed by atoms with van der Waals surface area (Å²) in [6.45, 7) is 5.54. The van der Waals surface area contributed by atoms with Crippen LogP contribution in [-0.4, -0.2) is 31.6 Å². The summed E-state index contributed by atoms with van der Waals surface area (Å²) in [6.07, 6.45) is -0.0195. The molecule has 1 atom stereocenters. The molecule has 0 spiro atoms. The van der Waals surface area contributed by atoms with E-state index in [0.29, 0.717) is 17.7 Å². The van der Waals surface area contributed by atoms with E-state index >= 15 is 0 Å². The molecule has 0 aliphatic carbocycles. The fourth-order valence-electron chi connectivity index (χ4n) is 1.80. The molecule has 1 aromatic rings. The molecule has 0 heterocycles. The summed E-state index contributed by atoms with van der Waals surface area (Å²) in [7, 11) is -3.03. The Morgan fingerprint density at radius 2 is 2.00 bits per heavy atom. The second kappa shape index (κ2) is 6.91. The van der Waals surface area contributed by atoms with Crippen molar-refractivity contribution in [1.29, 1.82) is 0 Å². The topological polar surface area (TPSA) is 63.6 Å². The van der Waals surface area contributed by atoms with Gasteiger partial charge in [0.2, 0.25) is 0 Å². The largest absolute Gasteiger partial charge is 0.492 e. The number of benzene rings is 1. The Kier molecular flexibility index (Phi) is 5.82. The van der Waals surface area contributed by atoms with Crippen molar-refractivity contribution in [2.75, 3.05) is 18.1 Å². The predicted molar refractivity (Wildman–Crippen MR) is 76.3 cm³/mol. The van der Waals surface area contributed by atoms with Gasteiger partial charge in [0.05, 0.1) is 17.6 Å². The van der Waals surface area contributed by atoms with E-state index in [2.05, 4.69) is 0 Å². The van der Waals surface area contributed by atoms with Crippen molar-refractivity contribution in [3.8, 4) is 5.75 Å². The standard InChI is InChI=1S/C14H22O4S/c1-4-8-19(16,17)9-7-18-14-10-11(2)5-6-13(14)12(3)15/h5-6,10,12,15H,4,7-9H2,1-3H3/t12-/m1/s1. The maximum atomic E-state index is 11.6. The van der Waals surface area contributed by atoms with Crippen molar-refractivity contribution in [2.24, 2.45) is 0 Å². The van der Waals surface area contributed by atoms with Crippen LogP contribution in [0.25, 0.3) is 0 Å². The number of aliphatic hydroxyl groups is 1. The Balaban J connectivity index is 2.70. The van der Waals surface area contributed by atoms with Crippen LogP contribution in [0, 0.1) is 6.92 Å². The lowest BCUT2D eigenvalue weighted by molar-refractivity contribution is 0.192. The Hall–Kier alpha value is -1.07. The lowest BCUT2D eigenvalue weighted by atomic mass is 10.1. The van der Waals surface area contributed by atoms with Crippen molar-refractivity contribution in [1.82, 2.24) is 0 Å². The van der Waals surface area contributed by atoms with E-state index in [-0.39, 0.29) is 18.1 Å². The van der Waals surface area contributed by atoms with Gasteiger partial charge in [-0.15, -0.1) is 0 Å². The molecule has 0 unspecified atom stereocenters. The summed E-state index contributed by atoms with van der Waals surface area (Å²) in [4.78, 5) is 0. The van der Waals surface area contributed by atoms with E-state index < -0.39 is 15.9 Å². The second-order valence-electron chi connectivity index (χ2n) is 4.72. The summed E-state index contributed by atoms with van der Waals surface area (Å²) in [5.41, 5.74) is 1.69. The third-order valence-corrected chi connectivity index (χ3v) is 4.61. The highest BCUT2D eigenvalue weighted by Crippen LogP contribution is 2.26. The van der Waals surface area contributed by atoms with Gasteiger partial charge in [0.1, 0.15) is 12.4 Å². The molecule has 5 heteroatoms. The van der Waals surface area contributed by atoms with Crippen molar-refractivity contribution in [3.63, 3.8) is 0 Å². The maximum absolute atomic E-state index is 11.6. The first-order valence-corrected chi connectivity index (χ1v) is 8.29. The first-order valence-electron chi connectivity index (χ1n) is 6.47. The lowest BCUT2D eigenvalue weighted by Crippen LogP contribution is -2.17. The van der Waals surface area contributed by atoms with Crippen LogP contribution in [0.15, 0.2) is 18.2 Å². The smallest absolute Gasteiger partial charge is 0.153 e. The number of hydrogen-bond donors (Lipinski definition) is 1. The van der Waals surface area contributed by atoms with Gasteiger partial charge in [-0.1, -0.05) is 19.1 Å². The van der Waals surface area contributed by atoms with Crippen molar-refractivity contribution < 1.29 is 18.3 Å². The average molecular weight is 286 g/mol. The van der Waals surface area contributed by atoms with E-state index in [0.717, 1.165) is 5.56 Å². The third-order valence-electron chi connectivity index (χ3n) is 2.79. The minimum absolute atomic E-state index is 0.00797. The van der Waals surface area contributed by atoms with Gasteiger partial charge in [-0.05, 0) is 31.9 Å². The first kappa shape index (κ1) is 16.0. The van der Waals surface area contributed by atoms with E-state index in [4.69, 9.17) is 4.74 Å². The van der Waals surface area contributed by atoms with Gasteiger partial charge in [0, 0.05) is 5.56 Å². The maximum Gasteiger partial charge on any atom is 0.153 e. The predicted octanol–water partition coefficient (Wildman–Crippen LogP) is 2.25. The zero-order valence-corrected chi connectivity index (χ0v) is 12.5. The Labute approximate surface area is 115 Å². The number of sulfone groups is 1. The number of rotatable bonds is 7. The average Bonchev–Trinajstić information content (AvgIpc) is 2.28.